The van der Waals surface area contributed by atoms with Crippen LogP contribution in [0, 0.1) is 23.7 Å². The topological polar surface area (TPSA) is 88.4 Å². The van der Waals surface area contributed by atoms with Gasteiger partial charge in [0.2, 0.25) is 5.82 Å². The molecule has 3 atom stereocenters. The molecule has 36 heavy (non-hydrogen) atoms. The molecule has 0 amide bonds. The van der Waals surface area contributed by atoms with E-state index in [0.29, 0.717) is 42.9 Å². The Kier molecular flexibility index (Phi) is 8.80. The van der Waals surface area contributed by atoms with Crippen molar-refractivity contribution in [3.8, 4) is 17.6 Å². The number of hydrogen-bond acceptors (Lipinski definition) is 6. The monoisotopic (exact) mass is 490 g/mol. The first-order valence-electron chi connectivity index (χ1n) is 12.3. The molecule has 0 spiro atoms. The second-order valence-corrected chi connectivity index (χ2v) is 9.18. The van der Waals surface area contributed by atoms with E-state index in [2.05, 4.69) is 31.7 Å². The van der Waals surface area contributed by atoms with Crippen LogP contribution in [-0.2, 0) is 4.79 Å². The predicted octanol–water partition coefficient (Wildman–Crippen LogP) is 4.68. The first-order chi connectivity index (χ1) is 17.5. The summed E-state index contributed by atoms with van der Waals surface area (Å²) in [7, 11) is 1.59. The third-order valence-corrected chi connectivity index (χ3v) is 6.88. The molecule has 8 heteroatoms. The Morgan fingerprint density at radius 2 is 2.03 bits per heavy atom. The Bertz CT molecular complexity index is 1230. The zero-order valence-corrected chi connectivity index (χ0v) is 20.4. The molecule has 3 aromatic rings. The summed E-state index contributed by atoms with van der Waals surface area (Å²) in [4.78, 5) is 26.1. The van der Waals surface area contributed by atoms with Gasteiger partial charge in [-0.1, -0.05) is 5.92 Å². The fourth-order valence-electron chi connectivity index (χ4n) is 4.97. The van der Waals surface area contributed by atoms with Crippen LogP contribution < -0.4 is 4.74 Å². The van der Waals surface area contributed by atoms with Crippen LogP contribution in [0.25, 0.3) is 10.9 Å². The fraction of sp³-hybridized carbons (Fsp3) is 0.429. The lowest BCUT2D eigenvalue weighted by molar-refractivity contribution is -0.137. The van der Waals surface area contributed by atoms with E-state index >= 15 is 4.39 Å². The summed E-state index contributed by atoms with van der Waals surface area (Å²) in [5.74, 6) is 6.93. The zero-order valence-electron chi connectivity index (χ0n) is 20.4. The minimum atomic E-state index is -1.13. The highest BCUT2D eigenvalue weighted by atomic mass is 19.1. The highest BCUT2D eigenvalue weighted by molar-refractivity contribution is 5.83. The van der Waals surface area contributed by atoms with Crippen LogP contribution in [0.5, 0.6) is 5.75 Å². The van der Waals surface area contributed by atoms with Crippen molar-refractivity contribution < 1.29 is 19.0 Å². The van der Waals surface area contributed by atoms with Gasteiger partial charge in [0.25, 0.3) is 0 Å². The molecule has 0 bridgehead atoms. The molecule has 1 aliphatic heterocycles. The van der Waals surface area contributed by atoms with Crippen LogP contribution in [-0.4, -0.2) is 57.7 Å². The molecule has 3 heterocycles. The number of benzene rings is 1. The summed E-state index contributed by atoms with van der Waals surface area (Å²) >= 11 is 0. The number of methoxy groups -OCH3 is 1. The van der Waals surface area contributed by atoms with Crippen molar-refractivity contribution in [1.82, 2.24) is 19.9 Å². The second kappa shape index (κ2) is 12.4. The second-order valence-electron chi connectivity index (χ2n) is 9.18. The summed E-state index contributed by atoms with van der Waals surface area (Å²) in [6, 6.07) is 8.99. The lowest BCUT2D eigenvalue weighted by Crippen LogP contribution is -2.41. The molecule has 2 aromatic heterocycles. The number of halogens is 1. The number of alkyl halides is 1. The number of carbonyl (C=O) groups is 1. The lowest BCUT2D eigenvalue weighted by Gasteiger charge is -2.38. The normalized spacial score (nSPS) is 18.8. The Hall–Kier alpha value is -3.57. The van der Waals surface area contributed by atoms with Crippen LogP contribution in [0.1, 0.15) is 49.7 Å². The molecule has 1 N–H and O–H groups in total. The molecule has 1 fully saturated rings. The predicted molar refractivity (Wildman–Crippen MR) is 135 cm³/mol. The summed E-state index contributed by atoms with van der Waals surface area (Å²) in [5.41, 5.74) is 1.36. The van der Waals surface area contributed by atoms with Gasteiger partial charge in [0, 0.05) is 36.9 Å². The van der Waals surface area contributed by atoms with E-state index in [1.165, 1.54) is 0 Å². The Morgan fingerprint density at radius 3 is 2.81 bits per heavy atom. The van der Waals surface area contributed by atoms with Gasteiger partial charge in [-0.25, -0.2) is 14.4 Å². The number of rotatable bonds is 9. The van der Waals surface area contributed by atoms with Crippen LogP contribution in [0.4, 0.5) is 4.39 Å². The molecule has 1 saturated heterocycles. The molecular formula is C28H31FN4O3. The third-order valence-electron chi connectivity index (χ3n) is 6.88. The first-order valence-corrected chi connectivity index (χ1v) is 12.3. The van der Waals surface area contributed by atoms with E-state index in [1.54, 1.807) is 37.8 Å². The average molecular weight is 491 g/mol. The summed E-state index contributed by atoms with van der Waals surface area (Å²) in [6.07, 6.45) is 6.52. The number of aliphatic carboxylic acids is 1. The zero-order chi connectivity index (χ0) is 25.3. The number of likely N-dealkylation sites (tertiary alicyclic amines) is 1. The molecular weight excluding hydrogens is 459 g/mol. The number of pyridine rings is 1. The van der Waals surface area contributed by atoms with Gasteiger partial charge < -0.3 is 9.84 Å². The highest BCUT2D eigenvalue weighted by Gasteiger charge is 2.30. The number of carboxylic acids is 1. The van der Waals surface area contributed by atoms with E-state index in [1.807, 2.05) is 18.2 Å². The summed E-state index contributed by atoms with van der Waals surface area (Å²) < 4.78 is 20.8. The van der Waals surface area contributed by atoms with Crippen molar-refractivity contribution in [1.29, 1.82) is 0 Å². The molecule has 0 radical (unpaired) electrons. The van der Waals surface area contributed by atoms with Gasteiger partial charge in [-0.2, -0.15) is 0 Å². The summed E-state index contributed by atoms with van der Waals surface area (Å²) in [5, 5.41) is 10.0. The van der Waals surface area contributed by atoms with Crippen molar-refractivity contribution >= 4 is 16.9 Å². The van der Waals surface area contributed by atoms with Gasteiger partial charge in [0.1, 0.15) is 11.9 Å². The Morgan fingerprint density at radius 1 is 1.19 bits per heavy atom. The van der Waals surface area contributed by atoms with Gasteiger partial charge >= 0.3 is 5.97 Å². The molecule has 1 aromatic carbocycles. The van der Waals surface area contributed by atoms with Gasteiger partial charge in [-0.15, -0.1) is 0 Å². The number of hydrogen-bond donors (Lipinski definition) is 1. The number of fused-ring (bicyclic) bond motifs is 1. The van der Waals surface area contributed by atoms with Gasteiger partial charge in [0.15, 0.2) is 0 Å². The maximum absolute atomic E-state index is 15.5. The maximum Gasteiger partial charge on any atom is 0.303 e. The molecule has 188 valence electrons. The quantitative estimate of drug-likeness (QED) is 0.436. The molecule has 1 aliphatic rings. The number of nitrogens with zero attached hydrogens (tertiary/aromatic N) is 4. The standard InChI is InChI=1S/C28H31FN4O3/c1-36-22-7-9-26-24(18-22)23(11-15-30-26)25(29)8-5-20-12-17-33(19-21(20)6-10-28(34)35)16-2-4-27-31-13-3-14-32-27/h3,7,9,11,13-15,18,20-21,25H,5-6,8,10,12,16-17,19H2,1H3,(H,34,35)/t20?,21?,25-/m0/s1. The van der Waals surface area contributed by atoms with Crippen LogP contribution in [0.3, 0.4) is 0 Å². The molecule has 0 aliphatic carbocycles. The van der Waals surface area contributed by atoms with Crippen molar-refractivity contribution in [3.05, 3.63) is 60.3 Å². The number of piperidine rings is 1. The molecule has 2 unspecified atom stereocenters. The van der Waals surface area contributed by atoms with E-state index < -0.39 is 12.1 Å². The highest BCUT2D eigenvalue weighted by Crippen LogP contribution is 2.36. The minimum Gasteiger partial charge on any atom is -0.497 e. The lowest BCUT2D eigenvalue weighted by atomic mass is 9.79. The largest absolute Gasteiger partial charge is 0.497 e. The van der Waals surface area contributed by atoms with Crippen LogP contribution >= 0.6 is 0 Å². The Labute approximate surface area is 210 Å². The molecule has 4 rings (SSSR count). The van der Waals surface area contributed by atoms with Gasteiger partial charge in [0.05, 0.1) is 19.2 Å². The Balaban J connectivity index is 1.39. The maximum atomic E-state index is 15.5. The number of aromatic nitrogens is 3. The number of ether oxygens (including phenoxy) is 1. The van der Waals surface area contributed by atoms with Crippen molar-refractivity contribution in [2.24, 2.45) is 11.8 Å². The smallest absolute Gasteiger partial charge is 0.303 e. The van der Waals surface area contributed by atoms with Gasteiger partial charge in [-0.05, 0) is 85.9 Å². The summed E-state index contributed by atoms with van der Waals surface area (Å²) in [6.45, 7) is 2.19. The first kappa shape index (κ1) is 25.5. The van der Waals surface area contributed by atoms with E-state index in [4.69, 9.17) is 4.74 Å². The van der Waals surface area contributed by atoms with Crippen molar-refractivity contribution in [2.45, 2.75) is 38.3 Å². The SMILES string of the molecule is COc1ccc2nccc([C@@H](F)CCC3CCN(CC#Cc4ncccn4)CC3CCC(=O)O)c2c1. The van der Waals surface area contributed by atoms with Crippen LogP contribution in [0.2, 0.25) is 0 Å². The van der Waals surface area contributed by atoms with Gasteiger partial charge in [-0.3, -0.25) is 14.7 Å². The minimum absolute atomic E-state index is 0.117. The molecule has 7 nitrogen and oxygen atoms in total. The third kappa shape index (κ3) is 6.76. The van der Waals surface area contributed by atoms with E-state index in [0.717, 1.165) is 30.4 Å². The molecule has 0 saturated carbocycles. The average Bonchev–Trinajstić information content (AvgIpc) is 2.91. The van der Waals surface area contributed by atoms with E-state index in [-0.39, 0.29) is 18.3 Å². The van der Waals surface area contributed by atoms with E-state index in [9.17, 15) is 9.90 Å². The van der Waals surface area contributed by atoms with Crippen molar-refractivity contribution in [3.63, 3.8) is 0 Å². The number of carboxylic acid groups (broad SMARTS) is 1. The fourth-order valence-corrected chi connectivity index (χ4v) is 4.97. The van der Waals surface area contributed by atoms with Crippen LogP contribution in [0.15, 0.2) is 48.9 Å². The van der Waals surface area contributed by atoms with Crippen molar-refractivity contribution in [2.75, 3.05) is 26.7 Å².